The van der Waals surface area contributed by atoms with Gasteiger partial charge in [-0.3, -0.25) is 4.79 Å². The maximum atomic E-state index is 10.8. The molecule has 0 aliphatic rings. The van der Waals surface area contributed by atoms with Crippen LogP contribution in [0, 0.1) is 0 Å². The number of hydrogen-bond acceptors (Lipinski definition) is 2. The third kappa shape index (κ3) is 3.18. The van der Waals surface area contributed by atoms with Crippen molar-refractivity contribution in [2.75, 3.05) is 0 Å². The second-order valence-electron chi connectivity index (χ2n) is 3.90. The predicted molar refractivity (Wildman–Crippen MR) is 81.8 cm³/mol. The molecule has 1 aromatic carbocycles. The maximum Gasteiger partial charge on any atom is 0.146 e. The Morgan fingerprint density at radius 1 is 1.22 bits per heavy atom. The topological polar surface area (TPSA) is 17.1 Å². The molecule has 1 heterocycles. The largest absolute Gasteiger partial charge is 0.298 e. The van der Waals surface area contributed by atoms with Crippen molar-refractivity contribution in [3.05, 3.63) is 51.3 Å². The quantitative estimate of drug-likeness (QED) is 0.561. The normalized spacial score (nSPS) is 11.6. The van der Waals surface area contributed by atoms with Crippen LogP contribution in [0.5, 0.6) is 0 Å². The fraction of sp³-hybridized carbons (Fsp3) is 0.133. The highest BCUT2D eigenvalue weighted by Crippen LogP contribution is 2.30. The van der Waals surface area contributed by atoms with Crippen LogP contribution in [0.1, 0.15) is 18.2 Å². The Kier molecular flexibility index (Phi) is 4.50. The first-order valence-electron chi connectivity index (χ1n) is 5.74. The number of carbonyl (C=O) groups is 1. The van der Waals surface area contributed by atoms with Gasteiger partial charge in [0, 0.05) is 14.2 Å². The number of aldehydes is 1. The van der Waals surface area contributed by atoms with Gasteiger partial charge in [0.15, 0.2) is 0 Å². The Morgan fingerprint density at radius 2 is 1.94 bits per heavy atom. The van der Waals surface area contributed by atoms with Crippen molar-refractivity contribution in [2.45, 2.75) is 13.3 Å². The van der Waals surface area contributed by atoms with E-state index in [-0.39, 0.29) is 0 Å². The van der Waals surface area contributed by atoms with Crippen LogP contribution in [0.25, 0.3) is 16.5 Å². The SMILES string of the molecule is CCC(C=O)=Cc1ccc(-c2ccc(Br)cc2)s1. The molecule has 0 fully saturated rings. The van der Waals surface area contributed by atoms with Gasteiger partial charge in [0.05, 0.1) is 0 Å². The minimum absolute atomic E-state index is 0.773. The first-order valence-corrected chi connectivity index (χ1v) is 7.35. The van der Waals surface area contributed by atoms with E-state index in [0.717, 1.165) is 27.6 Å². The summed E-state index contributed by atoms with van der Waals surface area (Å²) >= 11 is 5.13. The molecule has 1 nitrogen and oxygen atoms in total. The molecule has 0 spiro atoms. The van der Waals surface area contributed by atoms with E-state index < -0.39 is 0 Å². The van der Waals surface area contributed by atoms with Crippen LogP contribution in [0.2, 0.25) is 0 Å². The van der Waals surface area contributed by atoms with Crippen LogP contribution in [0.3, 0.4) is 0 Å². The molecule has 0 saturated heterocycles. The van der Waals surface area contributed by atoms with Gasteiger partial charge in [-0.25, -0.2) is 0 Å². The zero-order valence-electron chi connectivity index (χ0n) is 10.0. The fourth-order valence-corrected chi connectivity index (χ4v) is 2.86. The summed E-state index contributed by atoms with van der Waals surface area (Å²) in [5.74, 6) is 0. The molecular weight excluding hydrogens is 308 g/mol. The molecule has 2 aromatic rings. The highest BCUT2D eigenvalue weighted by atomic mass is 79.9. The summed E-state index contributed by atoms with van der Waals surface area (Å²) in [6, 6.07) is 12.4. The highest BCUT2D eigenvalue weighted by molar-refractivity contribution is 9.10. The van der Waals surface area contributed by atoms with Crippen LogP contribution in [-0.2, 0) is 4.79 Å². The summed E-state index contributed by atoms with van der Waals surface area (Å²) < 4.78 is 1.08. The van der Waals surface area contributed by atoms with Gasteiger partial charge < -0.3 is 0 Å². The maximum absolute atomic E-state index is 10.8. The van der Waals surface area contributed by atoms with Gasteiger partial charge >= 0.3 is 0 Å². The fourth-order valence-electron chi connectivity index (χ4n) is 1.60. The average molecular weight is 321 g/mol. The van der Waals surface area contributed by atoms with E-state index in [9.17, 15) is 4.79 Å². The zero-order chi connectivity index (χ0) is 13.0. The number of carbonyl (C=O) groups excluding carboxylic acids is 1. The highest BCUT2D eigenvalue weighted by Gasteiger charge is 2.02. The van der Waals surface area contributed by atoms with Crippen molar-refractivity contribution in [1.82, 2.24) is 0 Å². The van der Waals surface area contributed by atoms with Crippen molar-refractivity contribution in [3.8, 4) is 10.4 Å². The molecule has 18 heavy (non-hydrogen) atoms. The molecule has 0 saturated carbocycles. The molecule has 1 aromatic heterocycles. The van der Waals surface area contributed by atoms with E-state index in [1.54, 1.807) is 11.3 Å². The Bertz CT molecular complexity index is 566. The Morgan fingerprint density at radius 3 is 2.56 bits per heavy atom. The number of benzene rings is 1. The van der Waals surface area contributed by atoms with Gasteiger partial charge in [0.25, 0.3) is 0 Å². The van der Waals surface area contributed by atoms with Crippen LogP contribution in [0.4, 0.5) is 0 Å². The minimum atomic E-state index is 0.773. The zero-order valence-corrected chi connectivity index (χ0v) is 12.4. The third-order valence-corrected chi connectivity index (χ3v) is 4.25. The van der Waals surface area contributed by atoms with Crippen molar-refractivity contribution in [3.63, 3.8) is 0 Å². The molecular formula is C15H13BrOS. The summed E-state index contributed by atoms with van der Waals surface area (Å²) in [5, 5.41) is 0. The summed E-state index contributed by atoms with van der Waals surface area (Å²) in [6.07, 6.45) is 3.66. The molecule has 3 heteroatoms. The van der Waals surface area contributed by atoms with Gasteiger partial charge in [-0.1, -0.05) is 35.0 Å². The van der Waals surface area contributed by atoms with Crippen LogP contribution in [-0.4, -0.2) is 6.29 Å². The average Bonchev–Trinajstić information content (AvgIpc) is 2.85. The molecule has 0 atom stereocenters. The van der Waals surface area contributed by atoms with Gasteiger partial charge in [-0.2, -0.15) is 0 Å². The van der Waals surface area contributed by atoms with E-state index in [4.69, 9.17) is 0 Å². The minimum Gasteiger partial charge on any atom is -0.298 e. The first-order chi connectivity index (χ1) is 8.72. The van der Waals surface area contributed by atoms with E-state index in [1.165, 1.54) is 10.4 Å². The lowest BCUT2D eigenvalue weighted by Gasteiger charge is -1.96. The molecule has 0 amide bonds. The number of hydrogen-bond donors (Lipinski definition) is 0. The van der Waals surface area contributed by atoms with Gasteiger partial charge in [-0.05, 0) is 47.9 Å². The standard InChI is InChI=1S/C15H13BrOS/c1-2-11(10-17)9-14-7-8-15(18-14)12-3-5-13(16)6-4-12/h3-10H,2H2,1H3. The Labute approximate surface area is 119 Å². The van der Waals surface area contributed by atoms with Crippen molar-refractivity contribution < 1.29 is 4.79 Å². The van der Waals surface area contributed by atoms with Gasteiger partial charge in [0.1, 0.15) is 6.29 Å². The summed E-state index contributed by atoms with van der Waals surface area (Å²) in [4.78, 5) is 13.1. The lowest BCUT2D eigenvalue weighted by atomic mass is 10.2. The third-order valence-electron chi connectivity index (χ3n) is 2.64. The second-order valence-corrected chi connectivity index (χ2v) is 5.93. The summed E-state index contributed by atoms with van der Waals surface area (Å²) in [6.45, 7) is 1.99. The predicted octanol–water partition coefficient (Wildman–Crippen LogP) is 5.17. The van der Waals surface area contributed by atoms with Crippen LogP contribution < -0.4 is 0 Å². The number of thiophene rings is 1. The van der Waals surface area contributed by atoms with E-state index >= 15 is 0 Å². The van der Waals surface area contributed by atoms with Crippen molar-refractivity contribution in [2.24, 2.45) is 0 Å². The lowest BCUT2D eigenvalue weighted by molar-refractivity contribution is -0.104. The molecule has 0 aliphatic heterocycles. The van der Waals surface area contributed by atoms with E-state index in [2.05, 4.69) is 40.2 Å². The van der Waals surface area contributed by atoms with Crippen molar-refractivity contribution in [1.29, 1.82) is 0 Å². The Balaban J connectivity index is 2.28. The van der Waals surface area contributed by atoms with E-state index in [1.807, 2.05) is 25.1 Å². The second kappa shape index (κ2) is 6.12. The molecule has 0 bridgehead atoms. The molecule has 0 radical (unpaired) electrons. The number of rotatable bonds is 4. The van der Waals surface area contributed by atoms with Gasteiger partial charge in [0.2, 0.25) is 0 Å². The lowest BCUT2D eigenvalue weighted by Crippen LogP contribution is -1.79. The first kappa shape index (κ1) is 13.2. The van der Waals surface area contributed by atoms with Crippen LogP contribution >= 0.6 is 27.3 Å². The number of allylic oxidation sites excluding steroid dienone is 1. The summed E-state index contributed by atoms with van der Waals surface area (Å²) in [7, 11) is 0. The molecule has 0 N–H and O–H groups in total. The number of halogens is 1. The summed E-state index contributed by atoms with van der Waals surface area (Å²) in [5.41, 5.74) is 2.03. The van der Waals surface area contributed by atoms with Crippen molar-refractivity contribution >= 4 is 39.6 Å². The van der Waals surface area contributed by atoms with Crippen LogP contribution in [0.15, 0.2) is 46.4 Å². The molecule has 0 unspecified atom stereocenters. The Hall–Kier alpha value is -1.19. The molecule has 0 aliphatic carbocycles. The molecule has 2 rings (SSSR count). The smallest absolute Gasteiger partial charge is 0.146 e. The van der Waals surface area contributed by atoms with E-state index in [0.29, 0.717) is 0 Å². The molecule has 92 valence electrons. The van der Waals surface area contributed by atoms with Gasteiger partial charge in [-0.15, -0.1) is 11.3 Å². The monoisotopic (exact) mass is 320 g/mol.